The average Bonchev–Trinajstić information content (AvgIpc) is 3.77. The highest BCUT2D eigenvalue weighted by Gasteiger charge is 2.50. The van der Waals surface area contributed by atoms with Gasteiger partial charge in [0.1, 0.15) is 0 Å². The molecule has 1 aliphatic carbocycles. The van der Waals surface area contributed by atoms with Crippen LogP contribution in [-0.2, 0) is 5.41 Å². The molecule has 260 valence electrons. The van der Waals surface area contributed by atoms with Crippen molar-refractivity contribution in [2.45, 2.75) is 5.41 Å². The summed E-state index contributed by atoms with van der Waals surface area (Å²) in [6.07, 6.45) is 0. The van der Waals surface area contributed by atoms with Crippen molar-refractivity contribution in [2.75, 3.05) is 0 Å². The lowest BCUT2D eigenvalue weighted by Crippen LogP contribution is -2.33. The van der Waals surface area contributed by atoms with Crippen molar-refractivity contribution >= 4 is 21.8 Å². The predicted octanol–water partition coefficient (Wildman–Crippen LogP) is 12.3. The Kier molecular flexibility index (Phi) is 6.52. The molecule has 0 unspecified atom stereocenters. The quantitative estimate of drug-likeness (QED) is 0.182. The molecular weight excluding hydrogens is 681 g/mol. The molecule has 8 aromatic carbocycles. The number of benzene rings is 8. The normalized spacial score (nSPS) is 13.1. The average molecular weight is 713 g/mol. The lowest BCUT2D eigenvalue weighted by molar-refractivity contribution is 0.749. The first-order valence-corrected chi connectivity index (χ1v) is 19.1. The molecule has 0 saturated carbocycles. The van der Waals surface area contributed by atoms with E-state index in [1.54, 1.807) is 0 Å². The van der Waals surface area contributed by atoms with Gasteiger partial charge in [0, 0.05) is 27.5 Å². The van der Waals surface area contributed by atoms with Gasteiger partial charge in [-0.05, 0) is 74.8 Å². The molecule has 0 N–H and O–H groups in total. The number of hydrogen-bond donors (Lipinski definition) is 0. The van der Waals surface area contributed by atoms with Gasteiger partial charge in [0.2, 0.25) is 0 Å². The summed E-state index contributed by atoms with van der Waals surface area (Å²) in [5, 5.41) is 2.48. The van der Waals surface area contributed by atoms with Crippen LogP contribution in [0.15, 0.2) is 194 Å². The van der Waals surface area contributed by atoms with E-state index in [2.05, 4.69) is 162 Å². The summed E-state index contributed by atoms with van der Waals surface area (Å²) < 4.78 is 2.51. The standard InChI is InChI=1S/C52H32N4/c1-3-16-33(17-4-1)49-53-50(34-18-5-2-6-19-34)55-51(54-49)36-21-15-20-35(30-36)37-31-41-40-24-9-13-28-46(40)56-47-29-14-12-27-44(47)52(45(32-37)48(41)56)42-25-10-7-22-38(42)39-23-8-11-26-43(39)52/h1-32H. The molecule has 2 aliphatic rings. The number of hydrogen-bond acceptors (Lipinski definition) is 3. The Morgan fingerprint density at radius 2 is 0.857 bits per heavy atom. The summed E-state index contributed by atoms with van der Waals surface area (Å²) in [4.78, 5) is 15.1. The fraction of sp³-hybridized carbons (Fsp3) is 0.0192. The van der Waals surface area contributed by atoms with Crippen molar-refractivity contribution in [3.05, 3.63) is 216 Å². The largest absolute Gasteiger partial charge is 0.309 e. The molecule has 0 atom stereocenters. The Labute approximate surface area is 324 Å². The van der Waals surface area contributed by atoms with Crippen LogP contribution in [0.25, 0.3) is 83.9 Å². The third-order valence-corrected chi connectivity index (χ3v) is 11.8. The van der Waals surface area contributed by atoms with Gasteiger partial charge in [0.15, 0.2) is 17.5 Å². The van der Waals surface area contributed by atoms with Crippen molar-refractivity contribution in [2.24, 2.45) is 0 Å². The molecule has 56 heavy (non-hydrogen) atoms. The first-order valence-electron chi connectivity index (χ1n) is 19.1. The molecule has 0 radical (unpaired) electrons. The summed E-state index contributed by atoms with van der Waals surface area (Å²) in [5.74, 6) is 1.94. The van der Waals surface area contributed by atoms with Crippen LogP contribution < -0.4 is 0 Å². The maximum absolute atomic E-state index is 5.08. The van der Waals surface area contributed by atoms with E-state index in [4.69, 9.17) is 15.0 Å². The van der Waals surface area contributed by atoms with E-state index < -0.39 is 5.41 Å². The van der Waals surface area contributed by atoms with E-state index in [1.807, 2.05) is 36.4 Å². The summed E-state index contributed by atoms with van der Waals surface area (Å²) >= 11 is 0. The predicted molar refractivity (Wildman–Crippen MR) is 227 cm³/mol. The molecule has 0 bridgehead atoms. The van der Waals surface area contributed by atoms with Gasteiger partial charge in [0.05, 0.1) is 22.1 Å². The SMILES string of the molecule is c1ccc(-c2nc(-c3ccccc3)nc(-c3cccc(-c4cc5c6c(c4)c4ccccc4n6-c4ccccc4C54c5ccccc5-c5ccccc54)c3)n2)cc1. The number of rotatable bonds is 4. The van der Waals surface area contributed by atoms with E-state index in [-0.39, 0.29) is 0 Å². The van der Waals surface area contributed by atoms with Crippen LogP contribution >= 0.6 is 0 Å². The summed E-state index contributed by atoms with van der Waals surface area (Å²) in [6, 6.07) is 69.8. The zero-order valence-electron chi connectivity index (χ0n) is 30.3. The maximum Gasteiger partial charge on any atom is 0.164 e. The Balaban J connectivity index is 1.14. The molecule has 0 amide bonds. The van der Waals surface area contributed by atoms with Gasteiger partial charge in [-0.1, -0.05) is 164 Å². The van der Waals surface area contributed by atoms with Crippen molar-refractivity contribution in [3.8, 4) is 62.1 Å². The first kappa shape index (κ1) is 31.0. The van der Waals surface area contributed by atoms with E-state index in [9.17, 15) is 0 Å². The molecule has 4 heteroatoms. The van der Waals surface area contributed by atoms with E-state index >= 15 is 0 Å². The third-order valence-electron chi connectivity index (χ3n) is 11.8. The minimum absolute atomic E-state index is 0.511. The molecule has 2 aromatic heterocycles. The number of aromatic nitrogens is 4. The van der Waals surface area contributed by atoms with Gasteiger partial charge in [-0.3, -0.25) is 0 Å². The van der Waals surface area contributed by atoms with Crippen LogP contribution in [0.4, 0.5) is 0 Å². The molecule has 3 heterocycles. The third kappa shape index (κ3) is 4.27. The minimum atomic E-state index is -0.511. The Bertz CT molecular complexity index is 3090. The lowest BCUT2D eigenvalue weighted by Gasteiger charge is -2.39. The molecular formula is C52H32N4. The van der Waals surface area contributed by atoms with Crippen molar-refractivity contribution in [1.82, 2.24) is 19.5 Å². The smallest absolute Gasteiger partial charge is 0.164 e. The highest BCUT2D eigenvalue weighted by atomic mass is 15.0. The zero-order chi connectivity index (χ0) is 36.8. The van der Waals surface area contributed by atoms with Gasteiger partial charge >= 0.3 is 0 Å². The number of fused-ring (bicyclic) bond motifs is 12. The van der Waals surface area contributed by atoms with Crippen molar-refractivity contribution in [3.63, 3.8) is 0 Å². The van der Waals surface area contributed by atoms with Gasteiger partial charge in [-0.2, -0.15) is 0 Å². The second-order valence-electron chi connectivity index (χ2n) is 14.7. The molecule has 1 aliphatic heterocycles. The van der Waals surface area contributed by atoms with Crippen LogP contribution in [0.3, 0.4) is 0 Å². The summed E-state index contributed by atoms with van der Waals surface area (Å²) in [7, 11) is 0. The fourth-order valence-electron chi connectivity index (χ4n) is 9.52. The van der Waals surface area contributed by atoms with E-state index in [1.165, 1.54) is 60.9 Å². The van der Waals surface area contributed by atoms with Crippen molar-refractivity contribution < 1.29 is 0 Å². The monoisotopic (exact) mass is 712 g/mol. The molecule has 1 spiro atoms. The van der Waals surface area contributed by atoms with Crippen LogP contribution in [0.5, 0.6) is 0 Å². The maximum atomic E-state index is 5.08. The number of nitrogens with zero attached hydrogens (tertiary/aromatic N) is 4. The van der Waals surface area contributed by atoms with Crippen LogP contribution in [0.2, 0.25) is 0 Å². The molecule has 10 aromatic rings. The highest BCUT2D eigenvalue weighted by molar-refractivity contribution is 6.14. The highest BCUT2D eigenvalue weighted by Crippen LogP contribution is 2.61. The first-order chi connectivity index (χ1) is 27.8. The van der Waals surface area contributed by atoms with Gasteiger partial charge in [-0.15, -0.1) is 0 Å². The number of para-hydroxylation sites is 2. The Morgan fingerprint density at radius 3 is 1.54 bits per heavy atom. The second-order valence-corrected chi connectivity index (χ2v) is 14.7. The topological polar surface area (TPSA) is 43.6 Å². The Hall–Kier alpha value is -7.43. The summed E-state index contributed by atoms with van der Waals surface area (Å²) in [6.45, 7) is 0. The summed E-state index contributed by atoms with van der Waals surface area (Å²) in [5.41, 5.74) is 16.1. The zero-order valence-corrected chi connectivity index (χ0v) is 30.3. The van der Waals surface area contributed by atoms with Crippen LogP contribution in [0, 0.1) is 0 Å². The van der Waals surface area contributed by atoms with Gasteiger partial charge < -0.3 is 4.57 Å². The van der Waals surface area contributed by atoms with Gasteiger partial charge in [-0.25, -0.2) is 15.0 Å². The Morgan fingerprint density at radius 1 is 0.339 bits per heavy atom. The second kappa shape index (κ2) is 11.8. The minimum Gasteiger partial charge on any atom is -0.309 e. The molecule has 0 saturated heterocycles. The fourth-order valence-corrected chi connectivity index (χ4v) is 9.52. The molecule has 12 rings (SSSR count). The van der Waals surface area contributed by atoms with Crippen molar-refractivity contribution in [1.29, 1.82) is 0 Å². The van der Waals surface area contributed by atoms with Gasteiger partial charge in [0.25, 0.3) is 0 Å². The molecule has 4 nitrogen and oxygen atoms in total. The van der Waals surface area contributed by atoms with E-state index in [0.29, 0.717) is 17.5 Å². The van der Waals surface area contributed by atoms with Crippen LogP contribution in [-0.4, -0.2) is 19.5 Å². The molecule has 0 fully saturated rings. The lowest BCUT2D eigenvalue weighted by atomic mass is 9.65. The van der Waals surface area contributed by atoms with Crippen LogP contribution in [0.1, 0.15) is 22.3 Å². The van der Waals surface area contributed by atoms with E-state index in [0.717, 1.165) is 27.8 Å².